The molecule has 0 spiro atoms. The van der Waals surface area contributed by atoms with Crippen LogP contribution in [0, 0.1) is 17.3 Å². The maximum Gasteiger partial charge on any atom is 0.0413 e. The van der Waals surface area contributed by atoms with E-state index in [1.54, 1.807) is 0 Å². The summed E-state index contributed by atoms with van der Waals surface area (Å²) in [6, 6.07) is 4.28. The van der Waals surface area contributed by atoms with Crippen LogP contribution in [0.15, 0.2) is 22.8 Å². The average molecular weight is 353 g/mol. The van der Waals surface area contributed by atoms with Crippen molar-refractivity contribution in [2.75, 3.05) is 13.1 Å². The Labute approximate surface area is 138 Å². The second-order valence-electron chi connectivity index (χ2n) is 7.30. The highest BCUT2D eigenvalue weighted by Gasteiger charge is 2.34. The molecule has 0 bridgehead atoms. The monoisotopic (exact) mass is 352 g/mol. The Morgan fingerprint density at radius 2 is 2.14 bits per heavy atom. The van der Waals surface area contributed by atoms with Crippen molar-refractivity contribution < 1.29 is 0 Å². The summed E-state index contributed by atoms with van der Waals surface area (Å²) in [6.07, 6.45) is 8.30. The zero-order chi connectivity index (χ0) is 15.3. The van der Waals surface area contributed by atoms with Gasteiger partial charge in [0.1, 0.15) is 0 Å². The molecule has 1 aliphatic rings. The Morgan fingerprint density at radius 1 is 1.33 bits per heavy atom. The molecule has 1 aromatic rings. The molecular formula is C18H29BrN2. The summed E-state index contributed by atoms with van der Waals surface area (Å²) in [7, 11) is 0. The van der Waals surface area contributed by atoms with Crippen molar-refractivity contribution in [2.24, 2.45) is 17.3 Å². The molecule has 1 N–H and O–H groups in total. The third kappa shape index (κ3) is 5.37. The molecule has 0 radical (unpaired) electrons. The van der Waals surface area contributed by atoms with E-state index in [1.165, 1.54) is 37.9 Å². The molecule has 3 heteroatoms. The second kappa shape index (κ2) is 7.73. The molecule has 118 valence electrons. The van der Waals surface area contributed by atoms with E-state index in [0.717, 1.165) is 29.3 Å². The standard InChI is InChI=1S/C18H29BrN2/c1-4-9-20-12-14-7-8-18(2,3)11-15(14)10-17-6-5-16(19)13-21-17/h5-6,13-15,20H,4,7-12H2,1-3H3. The molecule has 1 fully saturated rings. The van der Waals surface area contributed by atoms with Gasteiger partial charge < -0.3 is 5.32 Å². The topological polar surface area (TPSA) is 24.9 Å². The zero-order valence-corrected chi connectivity index (χ0v) is 15.2. The Kier molecular flexibility index (Phi) is 6.24. The quantitative estimate of drug-likeness (QED) is 0.741. The number of nitrogens with zero attached hydrogens (tertiary/aromatic N) is 1. The van der Waals surface area contributed by atoms with E-state index in [1.807, 2.05) is 6.20 Å². The van der Waals surface area contributed by atoms with Crippen LogP contribution < -0.4 is 5.32 Å². The Bertz CT molecular complexity index is 427. The molecule has 0 aromatic carbocycles. The van der Waals surface area contributed by atoms with Crippen molar-refractivity contribution in [3.8, 4) is 0 Å². The molecule has 2 unspecified atom stereocenters. The number of halogens is 1. The smallest absolute Gasteiger partial charge is 0.0413 e. The van der Waals surface area contributed by atoms with Crippen LogP contribution in [0.1, 0.15) is 52.1 Å². The first-order valence-corrected chi connectivity index (χ1v) is 9.10. The highest BCUT2D eigenvalue weighted by molar-refractivity contribution is 9.10. The fraction of sp³-hybridized carbons (Fsp3) is 0.722. The van der Waals surface area contributed by atoms with E-state index in [0.29, 0.717) is 5.41 Å². The van der Waals surface area contributed by atoms with Gasteiger partial charge in [0.2, 0.25) is 0 Å². The minimum atomic E-state index is 0.487. The van der Waals surface area contributed by atoms with Crippen LogP contribution in [-0.2, 0) is 6.42 Å². The fourth-order valence-corrected chi connectivity index (χ4v) is 3.79. The molecule has 1 aromatic heterocycles. The third-order valence-electron chi connectivity index (χ3n) is 4.77. The molecule has 0 saturated heterocycles. The number of hydrogen-bond acceptors (Lipinski definition) is 2. The SMILES string of the molecule is CCCNCC1CCC(C)(C)CC1Cc1ccc(Br)cn1. The van der Waals surface area contributed by atoms with Gasteiger partial charge in [0.05, 0.1) is 0 Å². The third-order valence-corrected chi connectivity index (χ3v) is 5.24. The number of hydrogen-bond donors (Lipinski definition) is 1. The summed E-state index contributed by atoms with van der Waals surface area (Å²) in [5, 5.41) is 3.63. The number of rotatable bonds is 6. The van der Waals surface area contributed by atoms with Crippen molar-refractivity contribution in [1.82, 2.24) is 10.3 Å². The largest absolute Gasteiger partial charge is 0.316 e. The van der Waals surface area contributed by atoms with Gasteiger partial charge in [0.15, 0.2) is 0 Å². The van der Waals surface area contributed by atoms with Gasteiger partial charge in [-0.2, -0.15) is 0 Å². The van der Waals surface area contributed by atoms with Crippen LogP contribution >= 0.6 is 15.9 Å². The minimum absolute atomic E-state index is 0.487. The van der Waals surface area contributed by atoms with Crippen molar-refractivity contribution in [3.63, 3.8) is 0 Å². The first-order valence-electron chi connectivity index (χ1n) is 8.31. The fourth-order valence-electron chi connectivity index (χ4n) is 3.56. The Hall–Kier alpha value is -0.410. The maximum absolute atomic E-state index is 4.58. The van der Waals surface area contributed by atoms with Crippen molar-refractivity contribution in [1.29, 1.82) is 0 Å². The maximum atomic E-state index is 4.58. The summed E-state index contributed by atoms with van der Waals surface area (Å²) < 4.78 is 1.07. The van der Waals surface area contributed by atoms with Crippen LogP contribution in [0.4, 0.5) is 0 Å². The van der Waals surface area contributed by atoms with E-state index in [9.17, 15) is 0 Å². The van der Waals surface area contributed by atoms with Gasteiger partial charge in [0, 0.05) is 16.4 Å². The average Bonchev–Trinajstić information content (AvgIpc) is 2.43. The van der Waals surface area contributed by atoms with Gasteiger partial charge in [-0.3, -0.25) is 4.98 Å². The second-order valence-corrected chi connectivity index (χ2v) is 8.22. The molecule has 1 aliphatic carbocycles. The van der Waals surface area contributed by atoms with E-state index in [4.69, 9.17) is 0 Å². The van der Waals surface area contributed by atoms with Crippen LogP contribution in [0.2, 0.25) is 0 Å². The summed E-state index contributed by atoms with van der Waals surface area (Å²) in [6.45, 7) is 9.39. The zero-order valence-electron chi connectivity index (χ0n) is 13.7. The molecule has 0 aliphatic heterocycles. The first kappa shape index (κ1) is 17.0. The number of aromatic nitrogens is 1. The normalized spacial score (nSPS) is 25.0. The highest BCUT2D eigenvalue weighted by Crippen LogP contribution is 2.42. The molecule has 2 atom stereocenters. The summed E-state index contributed by atoms with van der Waals surface area (Å²) in [5.74, 6) is 1.56. The minimum Gasteiger partial charge on any atom is -0.316 e. The van der Waals surface area contributed by atoms with E-state index in [-0.39, 0.29) is 0 Å². The number of pyridine rings is 1. The van der Waals surface area contributed by atoms with Gasteiger partial charge in [0.25, 0.3) is 0 Å². The van der Waals surface area contributed by atoms with Gasteiger partial charge in [-0.05, 0) is 90.5 Å². The summed E-state index contributed by atoms with van der Waals surface area (Å²) in [4.78, 5) is 4.58. The lowest BCUT2D eigenvalue weighted by Gasteiger charge is -2.41. The summed E-state index contributed by atoms with van der Waals surface area (Å²) in [5.41, 5.74) is 1.72. The van der Waals surface area contributed by atoms with Crippen LogP contribution in [-0.4, -0.2) is 18.1 Å². The molecule has 0 amide bonds. The van der Waals surface area contributed by atoms with Gasteiger partial charge in [-0.15, -0.1) is 0 Å². The van der Waals surface area contributed by atoms with Crippen molar-refractivity contribution in [2.45, 2.75) is 52.9 Å². The molecule has 2 rings (SSSR count). The van der Waals surface area contributed by atoms with Crippen LogP contribution in [0.25, 0.3) is 0 Å². The predicted octanol–water partition coefficient (Wildman–Crippen LogP) is 4.83. The highest BCUT2D eigenvalue weighted by atomic mass is 79.9. The van der Waals surface area contributed by atoms with Gasteiger partial charge in [-0.1, -0.05) is 20.8 Å². The lowest BCUT2D eigenvalue weighted by molar-refractivity contribution is 0.115. The molecule has 1 heterocycles. The van der Waals surface area contributed by atoms with E-state index >= 15 is 0 Å². The van der Waals surface area contributed by atoms with Crippen LogP contribution in [0.3, 0.4) is 0 Å². The summed E-state index contributed by atoms with van der Waals surface area (Å²) >= 11 is 3.47. The molecular weight excluding hydrogens is 324 g/mol. The van der Waals surface area contributed by atoms with E-state index in [2.05, 4.69) is 59.1 Å². The number of nitrogens with one attached hydrogen (secondary N) is 1. The van der Waals surface area contributed by atoms with E-state index < -0.39 is 0 Å². The lowest BCUT2D eigenvalue weighted by atomic mass is 9.66. The van der Waals surface area contributed by atoms with Crippen molar-refractivity contribution >= 4 is 15.9 Å². The van der Waals surface area contributed by atoms with Gasteiger partial charge >= 0.3 is 0 Å². The Balaban J connectivity index is 2.00. The van der Waals surface area contributed by atoms with Crippen molar-refractivity contribution in [3.05, 3.63) is 28.5 Å². The predicted molar refractivity (Wildman–Crippen MR) is 93.4 cm³/mol. The molecule has 21 heavy (non-hydrogen) atoms. The molecule has 2 nitrogen and oxygen atoms in total. The Morgan fingerprint density at radius 3 is 2.81 bits per heavy atom. The lowest BCUT2D eigenvalue weighted by Crippen LogP contribution is -2.37. The van der Waals surface area contributed by atoms with Crippen LogP contribution in [0.5, 0.6) is 0 Å². The molecule has 1 saturated carbocycles. The van der Waals surface area contributed by atoms with Gasteiger partial charge in [-0.25, -0.2) is 0 Å². The first-order chi connectivity index (χ1) is 10.00.